The average Bonchev–Trinajstić information content (AvgIpc) is 2.89. The van der Waals surface area contributed by atoms with Gasteiger partial charge >= 0.3 is 0 Å². The van der Waals surface area contributed by atoms with Gasteiger partial charge in [0.15, 0.2) is 18.9 Å². The summed E-state index contributed by atoms with van der Waals surface area (Å²) in [6, 6.07) is -1.44. The lowest BCUT2D eigenvalue weighted by atomic mass is 9.94. The molecule has 3 rings (SSSR count). The van der Waals surface area contributed by atoms with E-state index in [1.807, 2.05) is 0 Å². The van der Waals surface area contributed by atoms with E-state index < -0.39 is 118 Å². The molecular weight excluding hydrogens is 522 g/mol. The summed E-state index contributed by atoms with van der Waals surface area (Å²) in [7, 11) is 1.21. The van der Waals surface area contributed by atoms with Crippen molar-refractivity contribution in [3.63, 3.8) is 0 Å². The Hall–Kier alpha value is -1.13. The number of hydrogen-bond acceptors (Lipinski definition) is 16. The molecule has 15 atom stereocenters. The summed E-state index contributed by atoms with van der Waals surface area (Å²) in [5, 5.41) is 93.9. The lowest BCUT2D eigenvalue weighted by molar-refractivity contribution is -0.366. The molecule has 222 valence electrons. The van der Waals surface area contributed by atoms with Gasteiger partial charge in [-0.15, -0.1) is 0 Å². The highest BCUT2D eigenvalue weighted by Gasteiger charge is 2.54. The zero-order valence-electron chi connectivity index (χ0n) is 20.7. The molecule has 0 bridgehead atoms. The van der Waals surface area contributed by atoms with Crippen molar-refractivity contribution < 1.29 is 79.2 Å². The van der Waals surface area contributed by atoms with E-state index in [1.165, 1.54) is 7.11 Å². The third-order valence-corrected chi connectivity index (χ3v) is 6.71. The first-order valence-corrected chi connectivity index (χ1v) is 12.0. The monoisotopic (exact) mass is 559 g/mol. The zero-order chi connectivity index (χ0) is 28.3. The molecule has 3 fully saturated rings. The van der Waals surface area contributed by atoms with Crippen molar-refractivity contribution in [1.82, 2.24) is 5.32 Å². The largest absolute Gasteiger partial charge is 0.394 e. The summed E-state index contributed by atoms with van der Waals surface area (Å²) in [6.07, 6.45) is -21.8. The molecule has 0 aromatic heterocycles. The van der Waals surface area contributed by atoms with Gasteiger partial charge in [-0.1, -0.05) is 0 Å². The van der Waals surface area contributed by atoms with Crippen molar-refractivity contribution >= 4 is 5.91 Å². The van der Waals surface area contributed by atoms with Crippen LogP contribution < -0.4 is 5.32 Å². The Morgan fingerprint density at radius 2 is 1.18 bits per heavy atom. The van der Waals surface area contributed by atoms with Gasteiger partial charge in [0.1, 0.15) is 73.2 Å². The fourth-order valence-corrected chi connectivity index (χ4v) is 4.64. The Kier molecular flexibility index (Phi) is 11.1. The fraction of sp³-hybridized carbons (Fsp3) is 0.952. The molecule has 0 radical (unpaired) electrons. The molecule has 17 heteroatoms. The molecular formula is C21H37NO16. The third-order valence-electron chi connectivity index (χ3n) is 6.71. The number of methoxy groups -OCH3 is 1. The van der Waals surface area contributed by atoms with E-state index in [0.717, 1.165) is 6.92 Å². The van der Waals surface area contributed by atoms with Crippen LogP contribution in [0.1, 0.15) is 6.92 Å². The number of carbonyl (C=O) groups excluding carboxylic acids is 1. The molecule has 0 aromatic rings. The van der Waals surface area contributed by atoms with E-state index >= 15 is 0 Å². The number of rotatable bonds is 9. The maximum absolute atomic E-state index is 11.9. The predicted octanol–water partition coefficient (Wildman–Crippen LogP) is -6.78. The van der Waals surface area contributed by atoms with Crippen LogP contribution in [0, 0.1) is 0 Å². The van der Waals surface area contributed by atoms with E-state index in [9.17, 15) is 50.8 Å². The van der Waals surface area contributed by atoms with Gasteiger partial charge in [-0.25, -0.2) is 0 Å². The highest BCUT2D eigenvalue weighted by molar-refractivity contribution is 5.73. The SMILES string of the molecule is COC1OC(CO)C(O)C(OC2OC(CO)C(OC3OC(CO)C(O)C(O)C3O)C(O)C2NC(C)=O)C1O. The van der Waals surface area contributed by atoms with Crippen LogP contribution in [-0.4, -0.2) is 171 Å². The number of ether oxygens (including phenoxy) is 6. The summed E-state index contributed by atoms with van der Waals surface area (Å²) in [5.41, 5.74) is 0. The van der Waals surface area contributed by atoms with E-state index in [2.05, 4.69) is 5.32 Å². The summed E-state index contributed by atoms with van der Waals surface area (Å²) >= 11 is 0. The van der Waals surface area contributed by atoms with Crippen LogP contribution in [0.5, 0.6) is 0 Å². The Morgan fingerprint density at radius 3 is 1.74 bits per heavy atom. The lowest BCUT2D eigenvalue weighted by Crippen LogP contribution is -2.69. The number of carbonyl (C=O) groups is 1. The maximum Gasteiger partial charge on any atom is 0.217 e. The Bertz CT molecular complexity index is 745. The van der Waals surface area contributed by atoms with E-state index in [1.54, 1.807) is 0 Å². The average molecular weight is 560 g/mol. The minimum atomic E-state index is -1.83. The summed E-state index contributed by atoms with van der Waals surface area (Å²) < 4.78 is 32.6. The molecule has 0 spiro atoms. The molecule has 3 heterocycles. The Labute approximate surface area is 217 Å². The molecule has 0 saturated carbocycles. The van der Waals surface area contributed by atoms with Crippen LogP contribution in [0.25, 0.3) is 0 Å². The Morgan fingerprint density at radius 1 is 0.658 bits per heavy atom. The standard InChI is InChI=1S/C21H37NO16/c1-6(26)22-10-13(29)17(37-21-15(31)14(30)11(27)7(3-23)35-21)9(5-25)36-19(10)38-18-12(28)8(4-24)34-20(33-2)16(18)32/h7-21,23-25,27-32H,3-5H2,1-2H3,(H,22,26). The molecule has 3 aliphatic rings. The molecule has 3 saturated heterocycles. The second-order valence-corrected chi connectivity index (χ2v) is 9.28. The second-order valence-electron chi connectivity index (χ2n) is 9.28. The van der Waals surface area contributed by atoms with Crippen molar-refractivity contribution in [2.75, 3.05) is 26.9 Å². The first-order chi connectivity index (χ1) is 18.0. The number of amides is 1. The van der Waals surface area contributed by atoms with Crippen LogP contribution >= 0.6 is 0 Å². The van der Waals surface area contributed by atoms with Crippen LogP contribution in [0.3, 0.4) is 0 Å². The third kappa shape index (κ3) is 6.43. The Balaban J connectivity index is 1.84. The molecule has 3 aliphatic heterocycles. The normalized spacial score (nSPS) is 48.0. The molecule has 15 unspecified atom stereocenters. The van der Waals surface area contributed by atoms with E-state index in [4.69, 9.17) is 28.4 Å². The summed E-state index contributed by atoms with van der Waals surface area (Å²) in [5.74, 6) is -0.656. The van der Waals surface area contributed by atoms with Gasteiger partial charge in [0.05, 0.1) is 19.8 Å². The van der Waals surface area contributed by atoms with Crippen LogP contribution in [0.15, 0.2) is 0 Å². The van der Waals surface area contributed by atoms with Crippen LogP contribution in [-0.2, 0) is 33.2 Å². The quantitative estimate of drug-likeness (QED) is 0.126. The molecule has 17 nitrogen and oxygen atoms in total. The van der Waals surface area contributed by atoms with Gasteiger partial charge < -0.3 is 79.7 Å². The fourth-order valence-electron chi connectivity index (χ4n) is 4.64. The van der Waals surface area contributed by atoms with Crippen LogP contribution in [0.2, 0.25) is 0 Å². The minimum Gasteiger partial charge on any atom is -0.394 e. The van der Waals surface area contributed by atoms with Gasteiger partial charge in [-0.05, 0) is 0 Å². The van der Waals surface area contributed by atoms with Crippen molar-refractivity contribution in [2.24, 2.45) is 0 Å². The minimum absolute atomic E-state index is 0.656. The lowest BCUT2D eigenvalue weighted by Gasteiger charge is -2.49. The molecule has 1 amide bonds. The summed E-state index contributed by atoms with van der Waals surface area (Å²) in [6.45, 7) is -1.08. The molecule has 10 N–H and O–H groups in total. The first-order valence-electron chi connectivity index (χ1n) is 12.0. The van der Waals surface area contributed by atoms with Gasteiger partial charge in [0.25, 0.3) is 0 Å². The number of hydrogen-bond donors (Lipinski definition) is 10. The number of aliphatic hydroxyl groups excluding tert-OH is 9. The van der Waals surface area contributed by atoms with Crippen molar-refractivity contribution in [3.8, 4) is 0 Å². The zero-order valence-corrected chi connectivity index (χ0v) is 20.7. The second kappa shape index (κ2) is 13.5. The van der Waals surface area contributed by atoms with Crippen molar-refractivity contribution in [2.45, 2.75) is 99.0 Å². The smallest absolute Gasteiger partial charge is 0.217 e. The van der Waals surface area contributed by atoms with E-state index in [0.29, 0.717) is 0 Å². The topological polar surface area (TPSA) is 267 Å². The van der Waals surface area contributed by atoms with Gasteiger partial charge in [0, 0.05) is 14.0 Å². The first kappa shape index (κ1) is 31.4. The maximum atomic E-state index is 11.9. The van der Waals surface area contributed by atoms with E-state index in [-0.39, 0.29) is 0 Å². The highest BCUT2D eigenvalue weighted by atomic mass is 16.7. The van der Waals surface area contributed by atoms with Gasteiger partial charge in [-0.2, -0.15) is 0 Å². The highest BCUT2D eigenvalue weighted by Crippen LogP contribution is 2.32. The van der Waals surface area contributed by atoms with Crippen molar-refractivity contribution in [1.29, 1.82) is 0 Å². The van der Waals surface area contributed by atoms with Crippen LogP contribution in [0.4, 0.5) is 0 Å². The predicted molar refractivity (Wildman–Crippen MR) is 118 cm³/mol. The van der Waals surface area contributed by atoms with Crippen molar-refractivity contribution in [3.05, 3.63) is 0 Å². The molecule has 0 aromatic carbocycles. The van der Waals surface area contributed by atoms with Gasteiger partial charge in [-0.3, -0.25) is 4.79 Å². The summed E-state index contributed by atoms with van der Waals surface area (Å²) in [4.78, 5) is 11.9. The molecule has 0 aliphatic carbocycles. The molecule has 38 heavy (non-hydrogen) atoms. The number of nitrogens with one attached hydrogen (secondary N) is 1. The number of aliphatic hydroxyl groups is 9. The van der Waals surface area contributed by atoms with Gasteiger partial charge in [0.2, 0.25) is 5.91 Å².